The quantitative estimate of drug-likeness (QED) is 0.782. The Bertz CT molecular complexity index is 338. The fourth-order valence-corrected chi connectivity index (χ4v) is 2.67. The highest BCUT2D eigenvalue weighted by atomic mass is 15.3. The van der Waals surface area contributed by atoms with Crippen LogP contribution in [0.2, 0.25) is 0 Å². The van der Waals surface area contributed by atoms with E-state index in [9.17, 15) is 0 Å². The molecule has 1 atom stereocenters. The van der Waals surface area contributed by atoms with E-state index in [1.807, 2.05) is 0 Å². The van der Waals surface area contributed by atoms with Gasteiger partial charge in [-0.15, -0.1) is 10.2 Å². The maximum atomic E-state index is 4.33. The van der Waals surface area contributed by atoms with Crippen molar-refractivity contribution < 1.29 is 0 Å². The van der Waals surface area contributed by atoms with Gasteiger partial charge in [-0.1, -0.05) is 0 Å². The lowest BCUT2D eigenvalue weighted by Crippen LogP contribution is -2.26. The van der Waals surface area contributed by atoms with Crippen LogP contribution in [0.1, 0.15) is 37.3 Å². The molecule has 0 saturated carbocycles. The van der Waals surface area contributed by atoms with Gasteiger partial charge in [-0.3, -0.25) is 0 Å². The third-order valence-electron chi connectivity index (χ3n) is 3.53. The summed E-state index contributed by atoms with van der Waals surface area (Å²) < 4.78 is 2.34. The molecule has 1 N–H and O–H groups in total. The van der Waals surface area contributed by atoms with E-state index in [1.165, 1.54) is 43.9 Å². The van der Waals surface area contributed by atoms with Crippen LogP contribution in [0.3, 0.4) is 0 Å². The van der Waals surface area contributed by atoms with Crippen molar-refractivity contribution in [2.24, 2.45) is 0 Å². The van der Waals surface area contributed by atoms with E-state index in [1.54, 1.807) is 0 Å². The first-order valence-electron chi connectivity index (χ1n) is 6.08. The highest BCUT2D eigenvalue weighted by Crippen LogP contribution is 2.17. The Hall–Kier alpha value is -0.900. The summed E-state index contributed by atoms with van der Waals surface area (Å²) in [6, 6.07) is 0.639. The lowest BCUT2D eigenvalue weighted by atomic mass is 10.1. The topological polar surface area (TPSA) is 42.7 Å². The number of fused-ring (bicyclic) bond motifs is 1. The van der Waals surface area contributed by atoms with Crippen molar-refractivity contribution in [1.29, 1.82) is 0 Å². The van der Waals surface area contributed by atoms with Crippen molar-refractivity contribution in [2.75, 3.05) is 6.54 Å². The summed E-state index contributed by atoms with van der Waals surface area (Å²) >= 11 is 0. The van der Waals surface area contributed by atoms with Crippen molar-refractivity contribution in [3.8, 4) is 0 Å². The second-order valence-electron chi connectivity index (χ2n) is 4.64. The lowest BCUT2D eigenvalue weighted by Gasteiger charge is -2.16. The Labute approximate surface area is 90.1 Å². The highest BCUT2D eigenvalue weighted by Gasteiger charge is 2.20. The molecule has 0 aromatic carbocycles. The number of nitrogens with one attached hydrogen (secondary N) is 1. The standard InChI is InChI=1S/C11H18N4/c1-2-7-15-10(5-1)13-14-11(15)8-9-4-3-6-12-9/h9,12H,1-8H2. The third-order valence-corrected chi connectivity index (χ3v) is 3.53. The Morgan fingerprint density at radius 3 is 3.13 bits per heavy atom. The molecular weight excluding hydrogens is 188 g/mol. The Morgan fingerprint density at radius 1 is 1.27 bits per heavy atom. The molecule has 0 radical (unpaired) electrons. The van der Waals surface area contributed by atoms with Crippen LogP contribution in [0.4, 0.5) is 0 Å². The zero-order valence-electron chi connectivity index (χ0n) is 9.08. The van der Waals surface area contributed by atoms with E-state index >= 15 is 0 Å². The smallest absolute Gasteiger partial charge is 0.134 e. The summed E-state index contributed by atoms with van der Waals surface area (Å²) in [6.07, 6.45) is 7.35. The minimum Gasteiger partial charge on any atom is -0.315 e. The maximum Gasteiger partial charge on any atom is 0.134 e. The summed E-state index contributed by atoms with van der Waals surface area (Å²) in [5.41, 5.74) is 0. The van der Waals surface area contributed by atoms with Gasteiger partial charge in [0.2, 0.25) is 0 Å². The van der Waals surface area contributed by atoms with Gasteiger partial charge in [0.15, 0.2) is 0 Å². The number of nitrogens with zero attached hydrogens (tertiary/aromatic N) is 3. The Balaban J connectivity index is 1.76. The lowest BCUT2D eigenvalue weighted by molar-refractivity contribution is 0.490. The fourth-order valence-electron chi connectivity index (χ4n) is 2.67. The first-order chi connectivity index (χ1) is 7.43. The summed E-state index contributed by atoms with van der Waals surface area (Å²) in [5, 5.41) is 12.1. The van der Waals surface area contributed by atoms with Gasteiger partial charge >= 0.3 is 0 Å². The largest absolute Gasteiger partial charge is 0.315 e. The molecule has 1 unspecified atom stereocenters. The molecule has 15 heavy (non-hydrogen) atoms. The van der Waals surface area contributed by atoms with Crippen LogP contribution in [0.25, 0.3) is 0 Å². The Morgan fingerprint density at radius 2 is 2.27 bits per heavy atom. The molecule has 1 aromatic heterocycles. The molecule has 0 bridgehead atoms. The Kier molecular flexibility index (Phi) is 2.44. The molecule has 4 nitrogen and oxygen atoms in total. The van der Waals surface area contributed by atoms with Gasteiger partial charge in [-0.05, 0) is 32.2 Å². The van der Waals surface area contributed by atoms with E-state index < -0.39 is 0 Å². The van der Waals surface area contributed by atoms with E-state index in [0.29, 0.717) is 6.04 Å². The SMILES string of the molecule is C1CCn2c(nnc2CC2CCCN2)C1. The number of aryl methyl sites for hydroxylation is 1. The molecule has 82 valence electrons. The first-order valence-corrected chi connectivity index (χ1v) is 6.08. The van der Waals surface area contributed by atoms with E-state index in [0.717, 1.165) is 19.4 Å². The average Bonchev–Trinajstić information content (AvgIpc) is 2.89. The monoisotopic (exact) mass is 206 g/mol. The number of hydrogen-bond acceptors (Lipinski definition) is 3. The second kappa shape index (κ2) is 3.93. The van der Waals surface area contributed by atoms with Crippen LogP contribution in [0.5, 0.6) is 0 Å². The molecule has 0 spiro atoms. The minimum atomic E-state index is 0.639. The zero-order valence-corrected chi connectivity index (χ0v) is 9.08. The summed E-state index contributed by atoms with van der Waals surface area (Å²) in [5.74, 6) is 2.40. The van der Waals surface area contributed by atoms with E-state index in [2.05, 4.69) is 20.1 Å². The van der Waals surface area contributed by atoms with E-state index in [-0.39, 0.29) is 0 Å². The normalized spacial score (nSPS) is 25.5. The molecule has 1 saturated heterocycles. The van der Waals surface area contributed by atoms with Crippen LogP contribution in [-0.4, -0.2) is 27.4 Å². The van der Waals surface area contributed by atoms with Gasteiger partial charge in [0, 0.05) is 25.4 Å². The van der Waals surface area contributed by atoms with Gasteiger partial charge in [0.25, 0.3) is 0 Å². The molecule has 2 aliphatic heterocycles. The predicted molar refractivity (Wildman–Crippen MR) is 57.7 cm³/mol. The second-order valence-corrected chi connectivity index (χ2v) is 4.64. The summed E-state index contributed by atoms with van der Waals surface area (Å²) in [7, 11) is 0. The number of aromatic nitrogens is 3. The van der Waals surface area contributed by atoms with Crippen molar-refractivity contribution in [2.45, 2.75) is 51.1 Å². The number of hydrogen-bond donors (Lipinski definition) is 1. The van der Waals surface area contributed by atoms with Crippen molar-refractivity contribution in [3.05, 3.63) is 11.6 Å². The third kappa shape index (κ3) is 1.78. The van der Waals surface area contributed by atoms with Crippen molar-refractivity contribution in [3.63, 3.8) is 0 Å². The molecule has 1 fully saturated rings. The summed E-state index contributed by atoms with van der Waals surface area (Å²) in [6.45, 7) is 2.30. The van der Waals surface area contributed by atoms with Gasteiger partial charge in [0.1, 0.15) is 11.6 Å². The molecule has 0 amide bonds. The van der Waals surface area contributed by atoms with Crippen LogP contribution in [0.15, 0.2) is 0 Å². The predicted octanol–water partition coefficient (Wildman–Crippen LogP) is 0.909. The van der Waals surface area contributed by atoms with Gasteiger partial charge < -0.3 is 9.88 Å². The van der Waals surface area contributed by atoms with Gasteiger partial charge in [-0.2, -0.15) is 0 Å². The van der Waals surface area contributed by atoms with Crippen LogP contribution >= 0.6 is 0 Å². The fraction of sp³-hybridized carbons (Fsp3) is 0.818. The van der Waals surface area contributed by atoms with Crippen LogP contribution < -0.4 is 5.32 Å². The highest BCUT2D eigenvalue weighted by molar-refractivity contribution is 5.01. The number of rotatable bonds is 2. The molecule has 0 aliphatic carbocycles. The van der Waals surface area contributed by atoms with E-state index in [4.69, 9.17) is 0 Å². The molecular formula is C11H18N4. The minimum absolute atomic E-state index is 0.639. The van der Waals surface area contributed by atoms with Crippen LogP contribution in [-0.2, 0) is 19.4 Å². The van der Waals surface area contributed by atoms with Gasteiger partial charge in [-0.25, -0.2) is 0 Å². The molecule has 2 aliphatic rings. The molecule has 3 heterocycles. The maximum absolute atomic E-state index is 4.33. The summed E-state index contributed by atoms with van der Waals surface area (Å²) in [4.78, 5) is 0. The zero-order chi connectivity index (χ0) is 10.1. The average molecular weight is 206 g/mol. The van der Waals surface area contributed by atoms with Crippen LogP contribution in [0, 0.1) is 0 Å². The first kappa shape index (κ1) is 9.33. The van der Waals surface area contributed by atoms with Crippen molar-refractivity contribution in [1.82, 2.24) is 20.1 Å². The van der Waals surface area contributed by atoms with Gasteiger partial charge in [0.05, 0.1) is 0 Å². The van der Waals surface area contributed by atoms with Crippen molar-refractivity contribution >= 4 is 0 Å². The molecule has 3 rings (SSSR count). The molecule has 1 aromatic rings. The molecule has 4 heteroatoms.